The van der Waals surface area contributed by atoms with E-state index in [1.165, 1.54) is 19.2 Å². The SMILES string of the molecule is COC(=O)C(C)(C)[C@@H](N)c1cccc(F)c1O. The maximum absolute atomic E-state index is 13.2. The molecule has 0 heterocycles. The van der Waals surface area contributed by atoms with Crippen molar-refractivity contribution in [1.82, 2.24) is 0 Å². The standard InChI is InChI=1S/C12H16FNO3/c1-12(2,11(16)17-3)10(14)7-5-4-6-8(13)9(7)15/h4-6,10,15H,14H2,1-3H3/t10-/m0/s1. The largest absolute Gasteiger partial charge is 0.505 e. The van der Waals surface area contributed by atoms with Crippen molar-refractivity contribution >= 4 is 5.97 Å². The summed E-state index contributed by atoms with van der Waals surface area (Å²) in [6, 6.07) is 3.17. The molecule has 0 aliphatic rings. The molecule has 1 rings (SSSR count). The number of carbonyl (C=O) groups is 1. The number of phenols is 1. The van der Waals surface area contributed by atoms with Gasteiger partial charge < -0.3 is 15.6 Å². The van der Waals surface area contributed by atoms with Crippen LogP contribution in [0.2, 0.25) is 0 Å². The van der Waals surface area contributed by atoms with Crippen LogP contribution in [0.5, 0.6) is 5.75 Å². The highest BCUT2D eigenvalue weighted by Gasteiger charge is 2.38. The Hall–Kier alpha value is -1.62. The van der Waals surface area contributed by atoms with Crippen LogP contribution in [-0.4, -0.2) is 18.2 Å². The molecule has 0 aliphatic carbocycles. The number of halogens is 1. The Morgan fingerprint density at radius 1 is 1.53 bits per heavy atom. The molecule has 0 bridgehead atoms. The van der Waals surface area contributed by atoms with Crippen LogP contribution in [0.1, 0.15) is 25.5 Å². The van der Waals surface area contributed by atoms with E-state index in [1.54, 1.807) is 13.8 Å². The number of phenolic OH excluding ortho intramolecular Hbond substituents is 1. The van der Waals surface area contributed by atoms with E-state index in [0.29, 0.717) is 0 Å². The van der Waals surface area contributed by atoms with E-state index in [0.717, 1.165) is 6.07 Å². The molecule has 0 aromatic heterocycles. The molecule has 0 fully saturated rings. The first kappa shape index (κ1) is 13.4. The maximum atomic E-state index is 13.2. The number of rotatable bonds is 3. The maximum Gasteiger partial charge on any atom is 0.313 e. The van der Waals surface area contributed by atoms with Gasteiger partial charge in [0.2, 0.25) is 0 Å². The van der Waals surface area contributed by atoms with Crippen molar-refractivity contribution in [3.8, 4) is 5.75 Å². The van der Waals surface area contributed by atoms with Crippen molar-refractivity contribution in [2.45, 2.75) is 19.9 Å². The molecule has 0 saturated carbocycles. The van der Waals surface area contributed by atoms with Crippen molar-refractivity contribution in [1.29, 1.82) is 0 Å². The van der Waals surface area contributed by atoms with E-state index < -0.39 is 29.0 Å². The van der Waals surface area contributed by atoms with Crippen LogP contribution >= 0.6 is 0 Å². The van der Waals surface area contributed by atoms with Gasteiger partial charge in [-0.05, 0) is 19.9 Å². The third kappa shape index (κ3) is 2.39. The smallest absolute Gasteiger partial charge is 0.313 e. The molecular formula is C12H16FNO3. The summed E-state index contributed by atoms with van der Waals surface area (Å²) in [5.41, 5.74) is 5.02. The molecule has 1 aromatic carbocycles. The quantitative estimate of drug-likeness (QED) is 0.790. The molecule has 94 valence electrons. The highest BCUT2D eigenvalue weighted by molar-refractivity contribution is 5.77. The summed E-state index contributed by atoms with van der Waals surface area (Å²) < 4.78 is 17.8. The van der Waals surface area contributed by atoms with E-state index in [9.17, 15) is 14.3 Å². The fraction of sp³-hybridized carbons (Fsp3) is 0.417. The lowest BCUT2D eigenvalue weighted by Gasteiger charge is -2.29. The van der Waals surface area contributed by atoms with E-state index in [4.69, 9.17) is 5.73 Å². The number of nitrogens with two attached hydrogens (primary N) is 1. The fourth-order valence-corrected chi connectivity index (χ4v) is 1.56. The number of aromatic hydroxyl groups is 1. The number of hydrogen-bond acceptors (Lipinski definition) is 4. The Morgan fingerprint density at radius 3 is 2.65 bits per heavy atom. The zero-order valence-corrected chi connectivity index (χ0v) is 10.0. The van der Waals surface area contributed by atoms with Crippen molar-refractivity contribution < 1.29 is 19.0 Å². The number of esters is 1. The van der Waals surface area contributed by atoms with E-state index in [1.807, 2.05) is 0 Å². The molecule has 0 saturated heterocycles. The second kappa shape index (κ2) is 4.71. The van der Waals surface area contributed by atoms with E-state index in [2.05, 4.69) is 4.74 Å². The summed E-state index contributed by atoms with van der Waals surface area (Å²) >= 11 is 0. The van der Waals surface area contributed by atoms with E-state index in [-0.39, 0.29) is 5.56 Å². The van der Waals surface area contributed by atoms with Gasteiger partial charge in [-0.15, -0.1) is 0 Å². The number of methoxy groups -OCH3 is 1. The number of ether oxygens (including phenoxy) is 1. The van der Waals surface area contributed by atoms with Gasteiger partial charge >= 0.3 is 5.97 Å². The highest BCUT2D eigenvalue weighted by Crippen LogP contribution is 2.37. The number of carbonyl (C=O) groups excluding carboxylic acids is 1. The van der Waals surface area contributed by atoms with E-state index >= 15 is 0 Å². The van der Waals surface area contributed by atoms with Crippen LogP contribution in [0.3, 0.4) is 0 Å². The predicted octanol–water partition coefficient (Wildman–Crippen LogP) is 1.73. The first-order valence-corrected chi connectivity index (χ1v) is 5.13. The molecule has 0 amide bonds. The van der Waals surface area contributed by atoms with Gasteiger partial charge in [-0.2, -0.15) is 0 Å². The summed E-state index contributed by atoms with van der Waals surface area (Å²) in [5.74, 6) is -1.82. The van der Waals surface area contributed by atoms with Gasteiger partial charge in [0.1, 0.15) is 0 Å². The Labute approximate surface area is 99.2 Å². The predicted molar refractivity (Wildman–Crippen MR) is 60.8 cm³/mol. The molecule has 5 heteroatoms. The summed E-state index contributed by atoms with van der Waals surface area (Å²) in [6.07, 6.45) is 0. The van der Waals surface area contributed by atoms with Gasteiger partial charge in [0.05, 0.1) is 12.5 Å². The second-order valence-corrected chi connectivity index (χ2v) is 4.37. The van der Waals surface area contributed by atoms with Crippen LogP contribution in [0.15, 0.2) is 18.2 Å². The van der Waals surface area contributed by atoms with Crippen molar-refractivity contribution in [3.63, 3.8) is 0 Å². The summed E-state index contributed by atoms with van der Waals surface area (Å²) in [4.78, 5) is 11.6. The van der Waals surface area contributed by atoms with Crippen molar-refractivity contribution in [2.24, 2.45) is 11.1 Å². The number of para-hydroxylation sites is 1. The fourth-order valence-electron chi connectivity index (χ4n) is 1.56. The van der Waals surface area contributed by atoms with Crippen LogP contribution in [0.4, 0.5) is 4.39 Å². The van der Waals surface area contributed by atoms with Crippen LogP contribution in [0, 0.1) is 11.2 Å². The Kier molecular flexibility index (Phi) is 3.72. The van der Waals surface area contributed by atoms with Crippen LogP contribution in [0.25, 0.3) is 0 Å². The summed E-state index contributed by atoms with van der Waals surface area (Å²) in [6.45, 7) is 3.15. The van der Waals surface area contributed by atoms with Gasteiger partial charge in [-0.25, -0.2) is 4.39 Å². The lowest BCUT2D eigenvalue weighted by molar-refractivity contribution is -0.152. The second-order valence-electron chi connectivity index (χ2n) is 4.37. The average Bonchev–Trinajstić information content (AvgIpc) is 2.30. The van der Waals surface area contributed by atoms with Gasteiger partial charge in [0.15, 0.2) is 11.6 Å². The minimum atomic E-state index is -1.06. The van der Waals surface area contributed by atoms with Crippen LogP contribution < -0.4 is 5.73 Å². The number of benzene rings is 1. The topological polar surface area (TPSA) is 72.5 Å². The minimum absolute atomic E-state index is 0.181. The molecule has 4 nitrogen and oxygen atoms in total. The van der Waals surface area contributed by atoms with Gasteiger partial charge in [-0.3, -0.25) is 4.79 Å². The van der Waals surface area contributed by atoms with Gasteiger partial charge in [-0.1, -0.05) is 12.1 Å². The zero-order chi connectivity index (χ0) is 13.2. The average molecular weight is 241 g/mol. The molecule has 3 N–H and O–H groups in total. The number of hydrogen-bond donors (Lipinski definition) is 2. The minimum Gasteiger partial charge on any atom is -0.505 e. The first-order valence-electron chi connectivity index (χ1n) is 5.13. The molecule has 0 spiro atoms. The molecule has 0 radical (unpaired) electrons. The normalized spacial score (nSPS) is 13.2. The zero-order valence-electron chi connectivity index (χ0n) is 10.0. The third-order valence-corrected chi connectivity index (χ3v) is 2.84. The molecule has 0 aliphatic heterocycles. The summed E-state index contributed by atoms with van der Waals surface area (Å²) in [5, 5.41) is 9.58. The van der Waals surface area contributed by atoms with Crippen molar-refractivity contribution in [3.05, 3.63) is 29.6 Å². The Balaban J connectivity index is 3.16. The van der Waals surface area contributed by atoms with Gasteiger partial charge in [0, 0.05) is 11.6 Å². The third-order valence-electron chi connectivity index (χ3n) is 2.84. The summed E-state index contributed by atoms with van der Waals surface area (Å²) in [7, 11) is 1.25. The first-order chi connectivity index (χ1) is 7.82. The molecular weight excluding hydrogens is 225 g/mol. The van der Waals surface area contributed by atoms with Gasteiger partial charge in [0.25, 0.3) is 0 Å². The Bertz CT molecular complexity index is 432. The lowest BCUT2D eigenvalue weighted by Crippen LogP contribution is -2.37. The monoisotopic (exact) mass is 241 g/mol. The molecule has 0 unspecified atom stereocenters. The molecule has 1 aromatic rings. The molecule has 1 atom stereocenters. The highest BCUT2D eigenvalue weighted by atomic mass is 19.1. The van der Waals surface area contributed by atoms with Crippen molar-refractivity contribution in [2.75, 3.05) is 7.11 Å². The Morgan fingerprint density at radius 2 is 2.12 bits per heavy atom. The van der Waals surface area contributed by atoms with Crippen LogP contribution in [-0.2, 0) is 9.53 Å². The lowest BCUT2D eigenvalue weighted by atomic mass is 9.80. The molecule has 17 heavy (non-hydrogen) atoms.